The Morgan fingerprint density at radius 1 is 0.944 bits per heavy atom. The largest absolute Gasteiger partial charge is 0.495 e. The Morgan fingerprint density at radius 2 is 1.58 bits per heavy atom. The summed E-state index contributed by atoms with van der Waals surface area (Å²) in [5.74, 6) is -0.676. The predicted molar refractivity (Wildman–Crippen MR) is 134 cm³/mol. The van der Waals surface area contributed by atoms with Gasteiger partial charge >= 0.3 is 0 Å². The van der Waals surface area contributed by atoms with Crippen molar-refractivity contribution in [3.05, 3.63) is 48.0 Å². The first kappa shape index (κ1) is 26.6. The standard InChI is InChI=1S/C24H31N3O7S2/c1-18-5-7-20(8-6-18)35(29,30)27-11-3-4-19(17-27)24(28)25-22-16-21(9-10-23(22)33-2)36(31,32)26-12-14-34-15-13-26/h5-10,16,19H,3-4,11-15,17H2,1-2H3,(H,25,28)/t19-/m0/s1. The van der Waals surface area contributed by atoms with E-state index >= 15 is 0 Å². The third kappa shape index (κ3) is 5.57. The van der Waals surface area contributed by atoms with Gasteiger partial charge in [0.25, 0.3) is 0 Å². The molecule has 0 saturated carbocycles. The molecule has 1 amide bonds. The number of ether oxygens (including phenoxy) is 2. The van der Waals surface area contributed by atoms with Crippen LogP contribution in [-0.2, 0) is 29.6 Å². The summed E-state index contributed by atoms with van der Waals surface area (Å²) < 4.78 is 65.7. The number of sulfonamides is 2. The lowest BCUT2D eigenvalue weighted by molar-refractivity contribution is -0.120. The van der Waals surface area contributed by atoms with Crippen LogP contribution in [0.25, 0.3) is 0 Å². The zero-order chi connectivity index (χ0) is 25.9. The molecule has 2 heterocycles. The lowest BCUT2D eigenvalue weighted by Gasteiger charge is -2.31. The Bertz CT molecular complexity index is 1310. The smallest absolute Gasteiger partial charge is 0.243 e. The van der Waals surface area contributed by atoms with E-state index in [1.807, 2.05) is 6.92 Å². The van der Waals surface area contributed by atoms with Gasteiger partial charge < -0.3 is 14.8 Å². The minimum atomic E-state index is -3.77. The quantitative estimate of drug-likeness (QED) is 0.574. The Labute approximate surface area is 212 Å². The van der Waals surface area contributed by atoms with Crippen molar-refractivity contribution in [2.24, 2.45) is 5.92 Å². The van der Waals surface area contributed by atoms with Crippen LogP contribution in [0.1, 0.15) is 18.4 Å². The normalized spacial score (nSPS) is 20.1. The number of carbonyl (C=O) groups excluding carboxylic acids is 1. The Kier molecular flexibility index (Phi) is 8.00. The zero-order valence-corrected chi connectivity index (χ0v) is 22.0. The van der Waals surface area contributed by atoms with Crippen molar-refractivity contribution in [3.63, 3.8) is 0 Å². The van der Waals surface area contributed by atoms with Gasteiger partial charge in [-0.15, -0.1) is 0 Å². The fraction of sp³-hybridized carbons (Fsp3) is 0.458. The number of morpholine rings is 1. The molecular weight excluding hydrogens is 506 g/mol. The summed E-state index contributed by atoms with van der Waals surface area (Å²) in [6, 6.07) is 10.9. The fourth-order valence-corrected chi connectivity index (χ4v) is 7.31. The van der Waals surface area contributed by atoms with Crippen LogP contribution in [0.4, 0.5) is 5.69 Å². The van der Waals surface area contributed by atoms with E-state index in [1.165, 1.54) is 33.9 Å². The van der Waals surface area contributed by atoms with Gasteiger partial charge in [-0.25, -0.2) is 16.8 Å². The molecule has 0 spiro atoms. The maximum absolute atomic E-state index is 13.2. The number of rotatable bonds is 7. The highest BCUT2D eigenvalue weighted by molar-refractivity contribution is 7.89. The molecule has 2 aromatic carbocycles. The molecule has 2 aliphatic rings. The molecule has 0 bridgehead atoms. The van der Waals surface area contributed by atoms with Crippen molar-refractivity contribution in [1.82, 2.24) is 8.61 Å². The van der Waals surface area contributed by atoms with Gasteiger partial charge in [0, 0.05) is 26.2 Å². The van der Waals surface area contributed by atoms with E-state index in [0.717, 1.165) is 5.56 Å². The second-order valence-electron chi connectivity index (χ2n) is 8.88. The lowest BCUT2D eigenvalue weighted by Crippen LogP contribution is -2.43. The number of piperidine rings is 1. The number of nitrogens with one attached hydrogen (secondary N) is 1. The minimum absolute atomic E-state index is 0.0349. The van der Waals surface area contributed by atoms with E-state index in [2.05, 4.69) is 5.32 Å². The maximum Gasteiger partial charge on any atom is 0.243 e. The molecule has 0 radical (unpaired) electrons. The second-order valence-corrected chi connectivity index (χ2v) is 12.8. The molecule has 4 rings (SSSR count). The molecule has 1 N–H and O–H groups in total. The van der Waals surface area contributed by atoms with Gasteiger partial charge in [-0.3, -0.25) is 4.79 Å². The third-order valence-electron chi connectivity index (χ3n) is 6.45. The van der Waals surface area contributed by atoms with Gasteiger partial charge in [0.05, 0.1) is 41.7 Å². The van der Waals surface area contributed by atoms with E-state index in [4.69, 9.17) is 9.47 Å². The van der Waals surface area contributed by atoms with E-state index < -0.39 is 31.9 Å². The first-order valence-electron chi connectivity index (χ1n) is 11.8. The summed E-state index contributed by atoms with van der Waals surface area (Å²) in [6.07, 6.45) is 1.05. The molecule has 0 unspecified atom stereocenters. The molecule has 2 fully saturated rings. The van der Waals surface area contributed by atoms with Crippen LogP contribution in [0.2, 0.25) is 0 Å². The highest BCUT2D eigenvalue weighted by Crippen LogP contribution is 2.31. The SMILES string of the molecule is COc1ccc(S(=O)(=O)N2CCOCC2)cc1NC(=O)[C@H]1CCCN(S(=O)(=O)c2ccc(C)cc2)C1. The van der Waals surface area contributed by atoms with Crippen molar-refractivity contribution in [3.8, 4) is 5.75 Å². The number of hydrogen-bond acceptors (Lipinski definition) is 7. The average Bonchev–Trinajstić information content (AvgIpc) is 2.89. The highest BCUT2D eigenvalue weighted by Gasteiger charge is 2.34. The second kappa shape index (κ2) is 10.9. The van der Waals surface area contributed by atoms with Crippen molar-refractivity contribution in [2.45, 2.75) is 29.6 Å². The van der Waals surface area contributed by atoms with Crippen LogP contribution in [0.15, 0.2) is 52.3 Å². The summed E-state index contributed by atoms with van der Waals surface area (Å²) in [6.45, 7) is 3.40. The number of nitrogens with zero attached hydrogens (tertiary/aromatic N) is 2. The van der Waals surface area contributed by atoms with Gasteiger partial charge in [-0.05, 0) is 50.1 Å². The number of carbonyl (C=O) groups is 1. The number of hydrogen-bond donors (Lipinski definition) is 1. The van der Waals surface area contributed by atoms with Crippen molar-refractivity contribution >= 4 is 31.6 Å². The van der Waals surface area contributed by atoms with Gasteiger partial charge in [0.2, 0.25) is 26.0 Å². The zero-order valence-electron chi connectivity index (χ0n) is 20.3. The molecule has 10 nitrogen and oxygen atoms in total. The summed E-state index contributed by atoms with van der Waals surface area (Å²) in [5, 5.41) is 2.77. The Balaban J connectivity index is 1.52. The van der Waals surface area contributed by atoms with Crippen LogP contribution in [0, 0.1) is 12.8 Å². The van der Waals surface area contributed by atoms with Gasteiger partial charge in [0.1, 0.15) is 5.75 Å². The number of methoxy groups -OCH3 is 1. The monoisotopic (exact) mass is 537 g/mol. The number of aryl methyl sites for hydroxylation is 1. The van der Waals surface area contributed by atoms with Crippen LogP contribution in [-0.4, -0.2) is 77.9 Å². The minimum Gasteiger partial charge on any atom is -0.495 e. The maximum atomic E-state index is 13.2. The molecule has 196 valence electrons. The van der Waals surface area contributed by atoms with Crippen molar-refractivity contribution in [2.75, 3.05) is 51.8 Å². The molecule has 2 saturated heterocycles. The molecule has 0 aromatic heterocycles. The molecule has 2 aromatic rings. The van der Waals surface area contributed by atoms with E-state index in [0.29, 0.717) is 38.3 Å². The summed E-state index contributed by atoms with van der Waals surface area (Å²) in [4.78, 5) is 13.4. The first-order chi connectivity index (χ1) is 17.1. The summed E-state index contributed by atoms with van der Waals surface area (Å²) >= 11 is 0. The number of amides is 1. The fourth-order valence-electron chi connectivity index (χ4n) is 4.35. The third-order valence-corrected chi connectivity index (χ3v) is 10.2. The van der Waals surface area contributed by atoms with Gasteiger partial charge in [-0.2, -0.15) is 8.61 Å². The molecule has 0 aliphatic carbocycles. The Hall–Kier alpha value is -2.51. The first-order valence-corrected chi connectivity index (χ1v) is 14.6. The molecule has 12 heteroatoms. The van der Waals surface area contributed by atoms with Crippen molar-refractivity contribution in [1.29, 1.82) is 0 Å². The van der Waals surface area contributed by atoms with Gasteiger partial charge in [0.15, 0.2) is 0 Å². The van der Waals surface area contributed by atoms with Crippen LogP contribution in [0.3, 0.4) is 0 Å². The lowest BCUT2D eigenvalue weighted by atomic mass is 9.98. The molecule has 2 aliphatic heterocycles. The van der Waals surface area contributed by atoms with E-state index in [-0.39, 0.29) is 35.1 Å². The van der Waals surface area contributed by atoms with E-state index in [9.17, 15) is 21.6 Å². The molecule has 36 heavy (non-hydrogen) atoms. The Morgan fingerprint density at radius 3 is 2.25 bits per heavy atom. The van der Waals surface area contributed by atoms with Crippen LogP contribution < -0.4 is 10.1 Å². The van der Waals surface area contributed by atoms with Gasteiger partial charge in [-0.1, -0.05) is 17.7 Å². The molecular formula is C24H31N3O7S2. The average molecular weight is 538 g/mol. The summed E-state index contributed by atoms with van der Waals surface area (Å²) in [5.41, 5.74) is 1.17. The van der Waals surface area contributed by atoms with Crippen LogP contribution >= 0.6 is 0 Å². The number of anilines is 1. The topological polar surface area (TPSA) is 122 Å². The number of benzene rings is 2. The van der Waals surface area contributed by atoms with Crippen LogP contribution in [0.5, 0.6) is 5.75 Å². The van der Waals surface area contributed by atoms with Crippen molar-refractivity contribution < 1.29 is 31.1 Å². The predicted octanol–water partition coefficient (Wildman–Crippen LogP) is 2.06. The summed E-state index contributed by atoms with van der Waals surface area (Å²) in [7, 11) is -6.08. The highest BCUT2D eigenvalue weighted by atomic mass is 32.2. The molecule has 1 atom stereocenters. The van der Waals surface area contributed by atoms with E-state index in [1.54, 1.807) is 24.3 Å².